The van der Waals surface area contributed by atoms with Crippen LogP contribution in [0.1, 0.15) is 43.7 Å². The third kappa shape index (κ3) is 3.87. The average Bonchev–Trinajstić information content (AvgIpc) is 2.56. The lowest BCUT2D eigenvalue weighted by Crippen LogP contribution is -2.23. The summed E-state index contributed by atoms with van der Waals surface area (Å²) in [5.74, 6) is 0.662. The molecular formula is C19H24ClN. The highest BCUT2D eigenvalue weighted by atomic mass is 35.5. The van der Waals surface area contributed by atoms with E-state index in [1.54, 1.807) is 0 Å². The van der Waals surface area contributed by atoms with Crippen LogP contribution in [0.25, 0.3) is 11.1 Å². The van der Waals surface area contributed by atoms with Crippen molar-refractivity contribution in [3.05, 3.63) is 60.2 Å². The summed E-state index contributed by atoms with van der Waals surface area (Å²) in [7, 11) is 0. The number of rotatable bonds is 3. The topological polar surface area (TPSA) is 26.0 Å². The molecule has 0 unspecified atom stereocenters. The molecular weight excluding hydrogens is 278 g/mol. The molecule has 112 valence electrons. The Morgan fingerprint density at radius 3 is 2.19 bits per heavy atom. The van der Waals surface area contributed by atoms with Gasteiger partial charge in [-0.05, 0) is 41.5 Å². The van der Waals surface area contributed by atoms with Gasteiger partial charge < -0.3 is 5.73 Å². The van der Waals surface area contributed by atoms with Crippen LogP contribution in [0.3, 0.4) is 0 Å². The van der Waals surface area contributed by atoms with Crippen LogP contribution in [0, 0.1) is 5.92 Å². The van der Waals surface area contributed by atoms with E-state index >= 15 is 0 Å². The molecule has 2 aromatic carbocycles. The zero-order valence-corrected chi connectivity index (χ0v) is 13.2. The van der Waals surface area contributed by atoms with Gasteiger partial charge in [0.05, 0.1) is 0 Å². The van der Waals surface area contributed by atoms with Crippen LogP contribution >= 0.6 is 12.4 Å². The Morgan fingerprint density at radius 1 is 0.810 bits per heavy atom. The van der Waals surface area contributed by atoms with E-state index in [4.69, 9.17) is 5.73 Å². The summed E-state index contributed by atoms with van der Waals surface area (Å²) in [6.45, 7) is 0. The molecule has 21 heavy (non-hydrogen) atoms. The molecule has 0 aliphatic heterocycles. The molecule has 1 nitrogen and oxygen atoms in total. The Labute approximate surface area is 134 Å². The van der Waals surface area contributed by atoms with Crippen molar-refractivity contribution in [1.29, 1.82) is 0 Å². The molecule has 0 heterocycles. The summed E-state index contributed by atoms with van der Waals surface area (Å²) in [6, 6.07) is 19.5. The molecule has 0 bridgehead atoms. The second-order valence-electron chi connectivity index (χ2n) is 5.92. The molecule has 1 aliphatic carbocycles. The maximum absolute atomic E-state index is 6.52. The van der Waals surface area contributed by atoms with Crippen molar-refractivity contribution in [3.63, 3.8) is 0 Å². The first-order valence-electron chi connectivity index (χ1n) is 7.75. The molecule has 2 heteroatoms. The van der Waals surface area contributed by atoms with Crippen LogP contribution in [-0.2, 0) is 0 Å². The van der Waals surface area contributed by atoms with Gasteiger partial charge in [-0.15, -0.1) is 12.4 Å². The quantitative estimate of drug-likeness (QED) is 0.812. The van der Waals surface area contributed by atoms with Crippen LogP contribution in [-0.4, -0.2) is 0 Å². The summed E-state index contributed by atoms with van der Waals surface area (Å²) in [4.78, 5) is 0. The van der Waals surface area contributed by atoms with Gasteiger partial charge in [0.15, 0.2) is 0 Å². The first-order valence-corrected chi connectivity index (χ1v) is 7.75. The first-order chi connectivity index (χ1) is 9.84. The molecule has 1 fully saturated rings. The molecule has 2 aromatic rings. The van der Waals surface area contributed by atoms with E-state index in [-0.39, 0.29) is 18.4 Å². The van der Waals surface area contributed by atoms with Gasteiger partial charge >= 0.3 is 0 Å². The van der Waals surface area contributed by atoms with Gasteiger partial charge in [0.1, 0.15) is 0 Å². The van der Waals surface area contributed by atoms with Crippen LogP contribution in [0.2, 0.25) is 0 Å². The highest BCUT2D eigenvalue weighted by molar-refractivity contribution is 5.85. The maximum Gasteiger partial charge on any atom is 0.0323 e. The van der Waals surface area contributed by atoms with Gasteiger partial charge in [-0.25, -0.2) is 0 Å². The molecule has 0 radical (unpaired) electrons. The van der Waals surface area contributed by atoms with E-state index in [1.165, 1.54) is 48.8 Å². The Hall–Kier alpha value is -1.31. The lowest BCUT2D eigenvalue weighted by Gasteiger charge is -2.28. The fourth-order valence-electron chi connectivity index (χ4n) is 3.32. The molecule has 0 saturated heterocycles. The number of halogens is 1. The first kappa shape index (κ1) is 16.1. The Balaban J connectivity index is 0.00000161. The lowest BCUT2D eigenvalue weighted by atomic mass is 9.81. The van der Waals surface area contributed by atoms with Crippen LogP contribution < -0.4 is 5.73 Å². The number of benzene rings is 2. The maximum atomic E-state index is 6.52. The largest absolute Gasteiger partial charge is 0.324 e. The van der Waals surface area contributed by atoms with Gasteiger partial charge in [0, 0.05) is 6.04 Å². The average molecular weight is 302 g/mol. The zero-order chi connectivity index (χ0) is 13.8. The smallest absolute Gasteiger partial charge is 0.0323 e. The van der Waals surface area contributed by atoms with E-state index in [0.29, 0.717) is 5.92 Å². The number of hydrogen-bond donors (Lipinski definition) is 1. The second kappa shape index (κ2) is 7.63. The Morgan fingerprint density at radius 2 is 1.48 bits per heavy atom. The third-order valence-corrected chi connectivity index (χ3v) is 4.54. The minimum absolute atomic E-state index is 0. The minimum atomic E-state index is 0. The van der Waals surface area contributed by atoms with Gasteiger partial charge in [-0.1, -0.05) is 67.8 Å². The highest BCUT2D eigenvalue weighted by Gasteiger charge is 2.21. The van der Waals surface area contributed by atoms with Crippen molar-refractivity contribution in [2.75, 3.05) is 0 Å². The molecule has 1 atom stereocenters. The summed E-state index contributed by atoms with van der Waals surface area (Å²) in [5, 5.41) is 0. The lowest BCUT2D eigenvalue weighted by molar-refractivity contribution is 0.308. The molecule has 0 aromatic heterocycles. The van der Waals surface area contributed by atoms with Crippen molar-refractivity contribution >= 4 is 12.4 Å². The van der Waals surface area contributed by atoms with Crippen LogP contribution in [0.5, 0.6) is 0 Å². The number of nitrogens with two attached hydrogens (primary N) is 1. The van der Waals surface area contributed by atoms with Crippen LogP contribution in [0.4, 0.5) is 0 Å². The van der Waals surface area contributed by atoms with Gasteiger partial charge in [-0.3, -0.25) is 0 Å². The van der Waals surface area contributed by atoms with Crippen molar-refractivity contribution in [2.45, 2.75) is 38.1 Å². The normalized spacial score (nSPS) is 17.0. The molecule has 0 amide bonds. The molecule has 1 aliphatic rings. The van der Waals surface area contributed by atoms with E-state index in [1.807, 2.05) is 0 Å². The summed E-state index contributed by atoms with van der Waals surface area (Å²) < 4.78 is 0. The van der Waals surface area contributed by atoms with Crippen LogP contribution in [0.15, 0.2) is 54.6 Å². The van der Waals surface area contributed by atoms with E-state index < -0.39 is 0 Å². The molecule has 0 spiro atoms. The minimum Gasteiger partial charge on any atom is -0.324 e. The van der Waals surface area contributed by atoms with Gasteiger partial charge in [-0.2, -0.15) is 0 Å². The third-order valence-electron chi connectivity index (χ3n) is 4.54. The van der Waals surface area contributed by atoms with Gasteiger partial charge in [0.25, 0.3) is 0 Å². The van der Waals surface area contributed by atoms with E-state index in [2.05, 4.69) is 54.6 Å². The standard InChI is InChI=1S/C19H23N.ClH/c20-19(16-10-5-2-6-11-16)18-13-7-12-17(14-18)15-8-3-1-4-9-15;/h1,3-4,7-9,12-14,16,19H,2,5-6,10-11,20H2;1H/t19-;/m0./s1. The molecule has 1 saturated carbocycles. The summed E-state index contributed by atoms with van der Waals surface area (Å²) >= 11 is 0. The highest BCUT2D eigenvalue weighted by Crippen LogP contribution is 2.34. The molecule has 2 N–H and O–H groups in total. The van der Waals surface area contributed by atoms with E-state index in [0.717, 1.165) is 0 Å². The summed E-state index contributed by atoms with van der Waals surface area (Å²) in [5.41, 5.74) is 10.3. The predicted molar refractivity (Wildman–Crippen MR) is 92.6 cm³/mol. The predicted octanol–water partition coefficient (Wildman–Crippen LogP) is 5.36. The van der Waals surface area contributed by atoms with Crippen molar-refractivity contribution in [3.8, 4) is 11.1 Å². The van der Waals surface area contributed by atoms with Gasteiger partial charge in [0.2, 0.25) is 0 Å². The van der Waals surface area contributed by atoms with Crippen molar-refractivity contribution in [1.82, 2.24) is 0 Å². The Bertz CT molecular complexity index is 547. The molecule has 3 rings (SSSR count). The van der Waals surface area contributed by atoms with E-state index in [9.17, 15) is 0 Å². The monoisotopic (exact) mass is 301 g/mol. The SMILES string of the molecule is Cl.N[C@H](c1cccc(-c2ccccc2)c1)C1CCCCC1. The fraction of sp³-hybridized carbons (Fsp3) is 0.368. The van der Waals surface area contributed by atoms with Crippen molar-refractivity contribution < 1.29 is 0 Å². The zero-order valence-electron chi connectivity index (χ0n) is 12.4. The summed E-state index contributed by atoms with van der Waals surface area (Å²) in [6.07, 6.45) is 6.65. The number of hydrogen-bond acceptors (Lipinski definition) is 1. The fourth-order valence-corrected chi connectivity index (χ4v) is 3.32. The Kier molecular flexibility index (Phi) is 5.84. The second-order valence-corrected chi connectivity index (χ2v) is 5.92. The van der Waals surface area contributed by atoms with Crippen molar-refractivity contribution in [2.24, 2.45) is 11.7 Å².